The van der Waals surface area contributed by atoms with Crippen molar-refractivity contribution >= 4 is 21.6 Å². The first-order chi connectivity index (χ1) is 12.3. The Morgan fingerprint density at radius 2 is 2.08 bits per heavy atom. The van der Waals surface area contributed by atoms with Gasteiger partial charge >= 0.3 is 0 Å². The highest BCUT2D eigenvalue weighted by atomic mass is 32.1. The molecule has 0 bridgehead atoms. The maximum atomic E-state index is 12.6. The van der Waals surface area contributed by atoms with Gasteiger partial charge in [-0.1, -0.05) is 30.3 Å². The Balaban J connectivity index is 1.47. The highest BCUT2D eigenvalue weighted by Crippen LogP contribution is 2.35. The summed E-state index contributed by atoms with van der Waals surface area (Å²) in [5, 5.41) is 0.849. The summed E-state index contributed by atoms with van der Waals surface area (Å²) >= 11 is 1.72. The maximum absolute atomic E-state index is 12.6. The minimum Gasteiger partial charge on any atom is -0.309 e. The number of H-pyrrole nitrogens is 1. The third-order valence-electron chi connectivity index (χ3n) is 5.52. The molecule has 1 aromatic carbocycles. The smallest absolute Gasteiger partial charge is 0.259 e. The summed E-state index contributed by atoms with van der Waals surface area (Å²) in [5.41, 5.74) is 2.66. The van der Waals surface area contributed by atoms with Crippen molar-refractivity contribution in [2.75, 3.05) is 6.54 Å². The summed E-state index contributed by atoms with van der Waals surface area (Å²) in [4.78, 5) is 25.3. The number of fused-ring (bicyclic) bond motifs is 3. The Hall–Kier alpha value is -1.98. The van der Waals surface area contributed by atoms with E-state index in [0.29, 0.717) is 12.6 Å². The molecule has 0 radical (unpaired) electrons. The minimum atomic E-state index is 0.0508. The van der Waals surface area contributed by atoms with Gasteiger partial charge < -0.3 is 4.98 Å². The fraction of sp³-hybridized carbons (Fsp3) is 0.400. The SMILES string of the molecule is O=c1[nH]c(CN2CCCC2c2ccccc2)nc2sc3c(c12)CCC3. The summed E-state index contributed by atoms with van der Waals surface area (Å²) in [6.45, 7) is 1.77. The van der Waals surface area contributed by atoms with Gasteiger partial charge in [-0.15, -0.1) is 11.3 Å². The maximum Gasteiger partial charge on any atom is 0.259 e. The first-order valence-electron chi connectivity index (χ1n) is 9.12. The number of nitrogens with one attached hydrogen (secondary N) is 1. The van der Waals surface area contributed by atoms with E-state index in [4.69, 9.17) is 4.98 Å². The number of nitrogens with zero attached hydrogens (tertiary/aromatic N) is 2. The lowest BCUT2D eigenvalue weighted by Gasteiger charge is -2.24. The molecule has 1 unspecified atom stereocenters. The summed E-state index contributed by atoms with van der Waals surface area (Å²) in [6, 6.07) is 11.1. The predicted molar refractivity (Wildman–Crippen MR) is 101 cm³/mol. The van der Waals surface area contributed by atoms with E-state index in [1.165, 1.54) is 35.3 Å². The van der Waals surface area contributed by atoms with Gasteiger partial charge in [-0.3, -0.25) is 9.69 Å². The molecule has 5 rings (SSSR count). The third kappa shape index (κ3) is 2.62. The van der Waals surface area contributed by atoms with E-state index >= 15 is 0 Å². The van der Waals surface area contributed by atoms with Crippen molar-refractivity contribution < 1.29 is 0 Å². The number of likely N-dealkylation sites (tertiary alicyclic amines) is 1. The Bertz CT molecular complexity index is 976. The van der Waals surface area contributed by atoms with Crippen molar-refractivity contribution in [1.29, 1.82) is 0 Å². The van der Waals surface area contributed by atoms with Crippen LogP contribution in [0.3, 0.4) is 0 Å². The molecule has 1 N–H and O–H groups in total. The first kappa shape index (κ1) is 15.3. The van der Waals surface area contributed by atoms with Gasteiger partial charge in [0, 0.05) is 10.9 Å². The Morgan fingerprint density at radius 1 is 1.20 bits per heavy atom. The van der Waals surface area contributed by atoms with Crippen molar-refractivity contribution in [2.24, 2.45) is 0 Å². The van der Waals surface area contributed by atoms with Crippen LogP contribution in [-0.4, -0.2) is 21.4 Å². The van der Waals surface area contributed by atoms with Gasteiger partial charge in [0.1, 0.15) is 10.7 Å². The van der Waals surface area contributed by atoms with Gasteiger partial charge in [-0.05, 0) is 49.8 Å². The molecule has 25 heavy (non-hydrogen) atoms. The zero-order chi connectivity index (χ0) is 16.8. The fourth-order valence-electron chi connectivity index (χ4n) is 4.38. The number of hydrogen-bond acceptors (Lipinski definition) is 4. The quantitative estimate of drug-likeness (QED) is 0.781. The molecule has 5 heteroatoms. The van der Waals surface area contributed by atoms with Gasteiger partial charge in [0.2, 0.25) is 0 Å². The van der Waals surface area contributed by atoms with Gasteiger partial charge in [-0.2, -0.15) is 0 Å². The number of aromatic nitrogens is 2. The number of rotatable bonds is 3. The Kier molecular flexibility index (Phi) is 3.71. The first-order valence-corrected chi connectivity index (χ1v) is 9.94. The number of benzene rings is 1. The van der Waals surface area contributed by atoms with Crippen LogP contribution < -0.4 is 5.56 Å². The number of aromatic amines is 1. The van der Waals surface area contributed by atoms with Crippen LogP contribution in [0.15, 0.2) is 35.1 Å². The van der Waals surface area contributed by atoms with Crippen molar-refractivity contribution in [3.63, 3.8) is 0 Å². The second-order valence-electron chi connectivity index (χ2n) is 7.09. The lowest BCUT2D eigenvalue weighted by Crippen LogP contribution is -2.25. The average molecular weight is 351 g/mol. The highest BCUT2D eigenvalue weighted by molar-refractivity contribution is 7.18. The summed E-state index contributed by atoms with van der Waals surface area (Å²) in [5.74, 6) is 0.806. The molecule has 1 saturated heterocycles. The monoisotopic (exact) mass is 351 g/mol. The average Bonchev–Trinajstić information content (AvgIpc) is 3.31. The molecule has 1 atom stereocenters. The molecular formula is C20H21N3OS. The normalized spacial score (nSPS) is 20.4. The fourth-order valence-corrected chi connectivity index (χ4v) is 5.66. The van der Waals surface area contributed by atoms with Crippen molar-refractivity contribution in [3.8, 4) is 0 Å². The molecule has 2 aromatic heterocycles. The molecular weight excluding hydrogens is 330 g/mol. The van der Waals surface area contributed by atoms with E-state index in [2.05, 4.69) is 40.2 Å². The van der Waals surface area contributed by atoms with Crippen LogP contribution in [0.25, 0.3) is 10.2 Å². The van der Waals surface area contributed by atoms with Crippen LogP contribution in [0, 0.1) is 0 Å². The second-order valence-corrected chi connectivity index (χ2v) is 8.17. The van der Waals surface area contributed by atoms with Gasteiger partial charge in [0.25, 0.3) is 5.56 Å². The van der Waals surface area contributed by atoms with Gasteiger partial charge in [0.15, 0.2) is 0 Å². The largest absolute Gasteiger partial charge is 0.309 e. The molecule has 0 amide bonds. The van der Waals surface area contributed by atoms with E-state index in [0.717, 1.165) is 35.4 Å². The topological polar surface area (TPSA) is 49.0 Å². The summed E-state index contributed by atoms with van der Waals surface area (Å²) < 4.78 is 0. The van der Waals surface area contributed by atoms with E-state index in [1.807, 2.05) is 0 Å². The van der Waals surface area contributed by atoms with E-state index in [-0.39, 0.29) is 5.56 Å². The minimum absolute atomic E-state index is 0.0508. The van der Waals surface area contributed by atoms with E-state index in [9.17, 15) is 4.79 Å². The van der Waals surface area contributed by atoms with Crippen molar-refractivity contribution in [1.82, 2.24) is 14.9 Å². The molecule has 3 aromatic rings. The van der Waals surface area contributed by atoms with Crippen LogP contribution in [0.1, 0.15) is 47.1 Å². The summed E-state index contributed by atoms with van der Waals surface area (Å²) in [6.07, 6.45) is 5.67. The third-order valence-corrected chi connectivity index (χ3v) is 6.71. The van der Waals surface area contributed by atoms with Crippen LogP contribution in [0.4, 0.5) is 0 Å². The van der Waals surface area contributed by atoms with Crippen LogP contribution in [0.2, 0.25) is 0 Å². The molecule has 0 spiro atoms. The summed E-state index contributed by atoms with van der Waals surface area (Å²) in [7, 11) is 0. The number of thiophene rings is 1. The zero-order valence-corrected chi connectivity index (χ0v) is 14.9. The van der Waals surface area contributed by atoms with Crippen molar-refractivity contribution in [2.45, 2.75) is 44.7 Å². The van der Waals surface area contributed by atoms with Crippen LogP contribution in [0.5, 0.6) is 0 Å². The molecule has 4 nitrogen and oxygen atoms in total. The molecule has 2 aliphatic rings. The number of hydrogen-bond donors (Lipinski definition) is 1. The number of aryl methyl sites for hydroxylation is 2. The molecule has 0 saturated carbocycles. The van der Waals surface area contributed by atoms with E-state index in [1.54, 1.807) is 11.3 Å². The van der Waals surface area contributed by atoms with Crippen LogP contribution in [-0.2, 0) is 19.4 Å². The molecule has 3 heterocycles. The molecule has 1 fully saturated rings. The van der Waals surface area contributed by atoms with E-state index < -0.39 is 0 Å². The molecule has 1 aliphatic heterocycles. The Labute approximate surface area is 150 Å². The Morgan fingerprint density at radius 3 is 2.96 bits per heavy atom. The molecule has 128 valence electrons. The predicted octanol–water partition coefficient (Wildman–Crippen LogP) is 3.81. The standard InChI is InChI=1S/C20H21N3OS/c24-19-18-14-8-4-10-16(14)25-20(18)22-17(21-19)12-23-11-5-9-15(23)13-6-2-1-3-7-13/h1-3,6-7,15H,4-5,8-12H2,(H,21,22,24). The highest BCUT2D eigenvalue weighted by Gasteiger charge is 2.27. The van der Waals surface area contributed by atoms with Crippen LogP contribution >= 0.6 is 11.3 Å². The zero-order valence-electron chi connectivity index (χ0n) is 14.1. The van der Waals surface area contributed by atoms with Crippen molar-refractivity contribution in [3.05, 3.63) is 62.5 Å². The second kappa shape index (κ2) is 6.07. The lowest BCUT2D eigenvalue weighted by molar-refractivity contribution is 0.242. The van der Waals surface area contributed by atoms with Gasteiger partial charge in [0.05, 0.1) is 11.9 Å². The lowest BCUT2D eigenvalue weighted by atomic mass is 10.0. The molecule has 1 aliphatic carbocycles. The van der Waals surface area contributed by atoms with Gasteiger partial charge in [-0.25, -0.2) is 4.98 Å².